The van der Waals surface area contributed by atoms with Crippen molar-refractivity contribution in [1.29, 1.82) is 0 Å². The fourth-order valence-electron chi connectivity index (χ4n) is 2.36. The summed E-state index contributed by atoms with van der Waals surface area (Å²) in [6.07, 6.45) is -1.91. The second-order valence-electron chi connectivity index (χ2n) is 5.32. The van der Waals surface area contributed by atoms with Crippen LogP contribution in [0.25, 0.3) is 0 Å². The van der Waals surface area contributed by atoms with Gasteiger partial charge in [0.15, 0.2) is 0 Å². The molecule has 2 aromatic carbocycles. The maximum absolute atomic E-state index is 12.9. The molecule has 0 heterocycles. The van der Waals surface area contributed by atoms with Crippen LogP contribution in [0.3, 0.4) is 0 Å². The van der Waals surface area contributed by atoms with Crippen molar-refractivity contribution < 1.29 is 13.2 Å². The van der Waals surface area contributed by atoms with Gasteiger partial charge in [0.1, 0.15) is 0 Å². The van der Waals surface area contributed by atoms with Crippen LogP contribution in [0.1, 0.15) is 48.6 Å². The van der Waals surface area contributed by atoms with Gasteiger partial charge in [0, 0.05) is 0 Å². The van der Waals surface area contributed by atoms with Crippen molar-refractivity contribution in [1.82, 2.24) is 0 Å². The number of hydrogen-bond acceptors (Lipinski definition) is 0. The standard InChI is InChI=1S/C18H19F3.C2H6/c1-3-14-6-8-15(9-7-14)10-11-16-5-4-13(2)17(12-16)18(19,20)21;1-2/h4-9,12H,3,10-11H2,1-2H3;1-2H3. The number of rotatable bonds is 4. The van der Waals surface area contributed by atoms with E-state index in [4.69, 9.17) is 0 Å². The lowest BCUT2D eigenvalue weighted by molar-refractivity contribution is -0.138. The Hall–Kier alpha value is -1.77. The van der Waals surface area contributed by atoms with E-state index in [1.165, 1.54) is 18.6 Å². The third kappa shape index (κ3) is 5.74. The van der Waals surface area contributed by atoms with Gasteiger partial charge in [0.05, 0.1) is 5.56 Å². The van der Waals surface area contributed by atoms with E-state index in [0.717, 1.165) is 24.0 Å². The Kier molecular flexibility index (Phi) is 7.34. The van der Waals surface area contributed by atoms with Crippen molar-refractivity contribution in [3.8, 4) is 0 Å². The van der Waals surface area contributed by atoms with Crippen molar-refractivity contribution in [2.45, 2.75) is 53.1 Å². The SMILES string of the molecule is CC.CCc1ccc(CCc2ccc(C)c(C(F)(F)F)c2)cc1. The van der Waals surface area contributed by atoms with Gasteiger partial charge in [0.25, 0.3) is 0 Å². The highest BCUT2D eigenvalue weighted by Crippen LogP contribution is 2.32. The molecule has 23 heavy (non-hydrogen) atoms. The van der Waals surface area contributed by atoms with Crippen LogP contribution < -0.4 is 0 Å². The number of benzene rings is 2. The van der Waals surface area contributed by atoms with Gasteiger partial charge in [0.2, 0.25) is 0 Å². The highest BCUT2D eigenvalue weighted by Gasteiger charge is 2.32. The predicted molar refractivity (Wildman–Crippen MR) is 90.8 cm³/mol. The highest BCUT2D eigenvalue weighted by molar-refractivity contribution is 5.34. The molecule has 3 heteroatoms. The van der Waals surface area contributed by atoms with Gasteiger partial charge in [-0.05, 0) is 54.5 Å². The van der Waals surface area contributed by atoms with Crippen molar-refractivity contribution >= 4 is 0 Å². The monoisotopic (exact) mass is 322 g/mol. The maximum Gasteiger partial charge on any atom is 0.416 e. The van der Waals surface area contributed by atoms with Crippen LogP contribution in [-0.2, 0) is 25.4 Å². The van der Waals surface area contributed by atoms with E-state index in [-0.39, 0.29) is 5.56 Å². The molecule has 0 fully saturated rings. The molecule has 2 rings (SSSR count). The van der Waals surface area contributed by atoms with Crippen LogP contribution in [-0.4, -0.2) is 0 Å². The maximum atomic E-state index is 12.9. The molecular formula is C20H25F3. The third-order valence-electron chi connectivity index (χ3n) is 3.74. The zero-order valence-electron chi connectivity index (χ0n) is 14.3. The molecule has 2 aromatic rings. The molecule has 0 unspecified atom stereocenters. The zero-order chi connectivity index (χ0) is 17.5. The molecule has 0 bridgehead atoms. The minimum Gasteiger partial charge on any atom is -0.166 e. The summed E-state index contributed by atoms with van der Waals surface area (Å²) < 4.78 is 38.6. The molecule has 0 saturated carbocycles. The first kappa shape index (κ1) is 19.3. The molecule has 0 aliphatic heterocycles. The molecule has 0 aliphatic carbocycles. The summed E-state index contributed by atoms with van der Waals surface area (Å²) in [5.74, 6) is 0. The van der Waals surface area contributed by atoms with E-state index < -0.39 is 11.7 Å². The molecular weight excluding hydrogens is 297 g/mol. The first-order chi connectivity index (χ1) is 10.9. The predicted octanol–water partition coefficient (Wildman–Crippen LogP) is 6.39. The number of hydrogen-bond donors (Lipinski definition) is 0. The summed E-state index contributed by atoms with van der Waals surface area (Å²) in [5, 5.41) is 0. The fourth-order valence-corrected chi connectivity index (χ4v) is 2.36. The normalized spacial score (nSPS) is 10.9. The number of alkyl halides is 3. The Balaban J connectivity index is 0.00000127. The van der Waals surface area contributed by atoms with Crippen LogP contribution in [0.15, 0.2) is 42.5 Å². The van der Waals surface area contributed by atoms with Crippen LogP contribution in [0, 0.1) is 6.92 Å². The van der Waals surface area contributed by atoms with Gasteiger partial charge in [-0.25, -0.2) is 0 Å². The molecule has 0 aliphatic rings. The van der Waals surface area contributed by atoms with E-state index >= 15 is 0 Å². The lowest BCUT2D eigenvalue weighted by Crippen LogP contribution is -2.08. The topological polar surface area (TPSA) is 0 Å². The second kappa shape index (κ2) is 8.76. The van der Waals surface area contributed by atoms with Crippen molar-refractivity contribution in [2.75, 3.05) is 0 Å². The zero-order valence-corrected chi connectivity index (χ0v) is 14.3. The van der Waals surface area contributed by atoms with E-state index in [9.17, 15) is 13.2 Å². The smallest absolute Gasteiger partial charge is 0.166 e. The lowest BCUT2D eigenvalue weighted by Gasteiger charge is -2.12. The van der Waals surface area contributed by atoms with E-state index in [0.29, 0.717) is 6.42 Å². The minimum atomic E-state index is -4.27. The van der Waals surface area contributed by atoms with E-state index in [1.54, 1.807) is 12.1 Å². The van der Waals surface area contributed by atoms with Crippen molar-refractivity contribution in [3.05, 3.63) is 70.3 Å². The van der Waals surface area contributed by atoms with Gasteiger partial charge in [-0.3, -0.25) is 0 Å². The van der Waals surface area contributed by atoms with E-state index in [1.807, 2.05) is 13.8 Å². The summed E-state index contributed by atoms with van der Waals surface area (Å²) in [6, 6.07) is 12.9. The Morgan fingerprint density at radius 1 is 0.783 bits per heavy atom. The summed E-state index contributed by atoms with van der Waals surface area (Å²) in [6.45, 7) is 7.59. The highest BCUT2D eigenvalue weighted by atomic mass is 19.4. The van der Waals surface area contributed by atoms with Crippen LogP contribution >= 0.6 is 0 Å². The first-order valence-corrected chi connectivity index (χ1v) is 8.14. The summed E-state index contributed by atoms with van der Waals surface area (Å²) in [5.41, 5.74) is 2.90. The summed E-state index contributed by atoms with van der Waals surface area (Å²) in [4.78, 5) is 0. The van der Waals surface area contributed by atoms with Gasteiger partial charge in [-0.2, -0.15) is 13.2 Å². The quantitative estimate of drug-likeness (QED) is 0.612. The Morgan fingerprint density at radius 2 is 1.26 bits per heavy atom. The van der Waals surface area contributed by atoms with Gasteiger partial charge < -0.3 is 0 Å². The first-order valence-electron chi connectivity index (χ1n) is 8.14. The van der Waals surface area contributed by atoms with Crippen molar-refractivity contribution in [3.63, 3.8) is 0 Å². The van der Waals surface area contributed by atoms with Crippen molar-refractivity contribution in [2.24, 2.45) is 0 Å². The molecule has 0 aromatic heterocycles. The third-order valence-corrected chi connectivity index (χ3v) is 3.74. The molecule has 0 N–H and O–H groups in total. The molecule has 0 spiro atoms. The molecule has 0 atom stereocenters. The molecule has 0 radical (unpaired) electrons. The summed E-state index contributed by atoms with van der Waals surface area (Å²) in [7, 11) is 0. The fraction of sp³-hybridized carbons (Fsp3) is 0.400. The molecule has 0 amide bonds. The van der Waals surface area contributed by atoms with E-state index in [2.05, 4.69) is 31.2 Å². The Bertz CT molecular complexity index is 595. The molecule has 126 valence electrons. The van der Waals surface area contributed by atoms with Gasteiger partial charge in [-0.1, -0.05) is 57.2 Å². The Labute approximate surface area is 137 Å². The lowest BCUT2D eigenvalue weighted by atomic mass is 9.99. The average Bonchev–Trinajstić information content (AvgIpc) is 2.55. The van der Waals surface area contributed by atoms with Gasteiger partial charge in [-0.15, -0.1) is 0 Å². The summed E-state index contributed by atoms with van der Waals surface area (Å²) >= 11 is 0. The van der Waals surface area contributed by atoms with Crippen LogP contribution in [0.5, 0.6) is 0 Å². The Morgan fingerprint density at radius 3 is 1.78 bits per heavy atom. The number of halogens is 3. The van der Waals surface area contributed by atoms with Crippen LogP contribution in [0.4, 0.5) is 13.2 Å². The van der Waals surface area contributed by atoms with Gasteiger partial charge >= 0.3 is 6.18 Å². The largest absolute Gasteiger partial charge is 0.416 e. The molecule has 0 saturated heterocycles. The number of aryl methyl sites for hydroxylation is 4. The second-order valence-corrected chi connectivity index (χ2v) is 5.32. The van der Waals surface area contributed by atoms with Crippen LogP contribution in [0.2, 0.25) is 0 Å². The average molecular weight is 322 g/mol. The molecule has 0 nitrogen and oxygen atoms in total. The minimum absolute atomic E-state index is 0.276.